The molecule has 124 valence electrons. The van der Waals surface area contributed by atoms with E-state index in [4.69, 9.17) is 16.0 Å². The van der Waals surface area contributed by atoms with Crippen LogP contribution >= 0.6 is 11.6 Å². The van der Waals surface area contributed by atoms with Gasteiger partial charge in [0.05, 0.1) is 12.6 Å². The molecule has 0 amide bonds. The molecule has 3 nitrogen and oxygen atoms in total. The summed E-state index contributed by atoms with van der Waals surface area (Å²) in [5.74, 6) is 1.69. The fourth-order valence-electron chi connectivity index (χ4n) is 2.52. The highest BCUT2D eigenvalue weighted by atomic mass is 35.5. The SMILES string of the molecule is C[C@H](O)c1ccc(-c2ccc(CNCc3ccccc3Cl)o2)cc1. The van der Waals surface area contributed by atoms with Gasteiger partial charge >= 0.3 is 0 Å². The van der Waals surface area contributed by atoms with Gasteiger partial charge in [-0.1, -0.05) is 54.1 Å². The fraction of sp³-hybridized carbons (Fsp3) is 0.200. The van der Waals surface area contributed by atoms with E-state index in [1.165, 1.54) is 0 Å². The molecule has 2 aromatic carbocycles. The van der Waals surface area contributed by atoms with Gasteiger partial charge in [0.1, 0.15) is 11.5 Å². The maximum absolute atomic E-state index is 9.56. The monoisotopic (exact) mass is 341 g/mol. The lowest BCUT2D eigenvalue weighted by molar-refractivity contribution is 0.199. The van der Waals surface area contributed by atoms with Crippen molar-refractivity contribution in [1.82, 2.24) is 5.32 Å². The van der Waals surface area contributed by atoms with E-state index < -0.39 is 6.10 Å². The molecule has 1 heterocycles. The molecule has 0 aliphatic carbocycles. The summed E-state index contributed by atoms with van der Waals surface area (Å²) < 4.78 is 5.88. The first-order valence-corrected chi connectivity index (χ1v) is 8.32. The molecule has 0 aliphatic heterocycles. The van der Waals surface area contributed by atoms with Crippen LogP contribution in [0.25, 0.3) is 11.3 Å². The second-order valence-corrected chi connectivity index (χ2v) is 6.17. The number of aliphatic hydroxyl groups excluding tert-OH is 1. The molecule has 24 heavy (non-hydrogen) atoms. The lowest BCUT2D eigenvalue weighted by Crippen LogP contribution is -2.12. The van der Waals surface area contributed by atoms with Gasteiger partial charge in [0, 0.05) is 17.1 Å². The van der Waals surface area contributed by atoms with Crippen LogP contribution in [-0.2, 0) is 13.1 Å². The first-order valence-electron chi connectivity index (χ1n) is 7.95. The van der Waals surface area contributed by atoms with Crippen molar-refractivity contribution in [3.63, 3.8) is 0 Å². The lowest BCUT2D eigenvalue weighted by atomic mass is 10.1. The van der Waals surface area contributed by atoms with Gasteiger partial charge in [-0.25, -0.2) is 0 Å². The standard InChI is InChI=1S/C20H20ClNO2/c1-14(23)15-6-8-16(9-7-15)20-11-10-18(24-20)13-22-12-17-4-2-3-5-19(17)21/h2-11,14,22-23H,12-13H2,1H3/t14-/m0/s1. The zero-order valence-electron chi connectivity index (χ0n) is 13.5. The van der Waals surface area contributed by atoms with Crippen molar-refractivity contribution < 1.29 is 9.52 Å². The van der Waals surface area contributed by atoms with E-state index in [0.29, 0.717) is 13.1 Å². The number of rotatable bonds is 6. The zero-order valence-corrected chi connectivity index (χ0v) is 14.3. The van der Waals surface area contributed by atoms with Gasteiger partial charge in [-0.15, -0.1) is 0 Å². The van der Waals surface area contributed by atoms with Crippen molar-refractivity contribution in [2.45, 2.75) is 26.1 Å². The van der Waals surface area contributed by atoms with Gasteiger partial charge in [-0.05, 0) is 36.2 Å². The number of hydrogen-bond donors (Lipinski definition) is 2. The van der Waals surface area contributed by atoms with E-state index in [1.54, 1.807) is 6.92 Å². The zero-order chi connectivity index (χ0) is 16.9. The highest BCUT2D eigenvalue weighted by Crippen LogP contribution is 2.24. The van der Waals surface area contributed by atoms with Crippen LogP contribution in [0.4, 0.5) is 0 Å². The molecule has 2 N–H and O–H groups in total. The molecule has 0 aliphatic rings. The van der Waals surface area contributed by atoms with Gasteiger partial charge in [0.2, 0.25) is 0 Å². The Hall–Kier alpha value is -2.07. The maximum atomic E-state index is 9.56. The van der Waals surface area contributed by atoms with Crippen LogP contribution in [0.5, 0.6) is 0 Å². The van der Waals surface area contributed by atoms with Gasteiger partial charge in [0.15, 0.2) is 0 Å². The predicted molar refractivity (Wildman–Crippen MR) is 96.8 cm³/mol. The summed E-state index contributed by atoms with van der Waals surface area (Å²) in [5, 5.41) is 13.7. The van der Waals surface area contributed by atoms with Gasteiger partial charge in [-0.2, -0.15) is 0 Å². The first kappa shape index (κ1) is 16.8. The van der Waals surface area contributed by atoms with Crippen molar-refractivity contribution in [3.05, 3.63) is 82.6 Å². The number of hydrogen-bond acceptors (Lipinski definition) is 3. The Morgan fingerprint density at radius 3 is 2.46 bits per heavy atom. The van der Waals surface area contributed by atoms with Crippen LogP contribution in [0.3, 0.4) is 0 Å². The molecular formula is C20H20ClNO2. The van der Waals surface area contributed by atoms with E-state index in [-0.39, 0.29) is 0 Å². The van der Waals surface area contributed by atoms with Crippen LogP contribution in [0, 0.1) is 0 Å². The highest BCUT2D eigenvalue weighted by Gasteiger charge is 2.07. The topological polar surface area (TPSA) is 45.4 Å². The first-order chi connectivity index (χ1) is 11.6. The Labute approximate surface area is 146 Å². The molecule has 0 radical (unpaired) electrons. The van der Waals surface area contributed by atoms with Gasteiger partial charge in [-0.3, -0.25) is 0 Å². The second-order valence-electron chi connectivity index (χ2n) is 5.76. The average Bonchev–Trinajstić information content (AvgIpc) is 3.05. The second kappa shape index (κ2) is 7.67. The summed E-state index contributed by atoms with van der Waals surface area (Å²) in [6.45, 7) is 3.08. The minimum Gasteiger partial charge on any atom is -0.460 e. The van der Waals surface area contributed by atoms with Crippen molar-refractivity contribution in [2.24, 2.45) is 0 Å². The van der Waals surface area contributed by atoms with Gasteiger partial charge in [0.25, 0.3) is 0 Å². The van der Waals surface area contributed by atoms with E-state index in [1.807, 2.05) is 60.7 Å². The minimum atomic E-state index is -0.458. The van der Waals surface area contributed by atoms with E-state index in [2.05, 4.69) is 5.32 Å². The van der Waals surface area contributed by atoms with E-state index in [0.717, 1.165) is 33.2 Å². The summed E-state index contributed by atoms with van der Waals surface area (Å²) in [5.41, 5.74) is 2.96. The van der Waals surface area contributed by atoms with Crippen LogP contribution in [-0.4, -0.2) is 5.11 Å². The molecule has 0 unspecified atom stereocenters. The van der Waals surface area contributed by atoms with Crippen LogP contribution in [0.1, 0.15) is 29.9 Å². The molecule has 0 spiro atoms. The smallest absolute Gasteiger partial charge is 0.134 e. The molecule has 3 rings (SSSR count). The van der Waals surface area contributed by atoms with Gasteiger partial charge < -0.3 is 14.8 Å². The third kappa shape index (κ3) is 4.06. The third-order valence-electron chi connectivity index (χ3n) is 3.91. The summed E-state index contributed by atoms with van der Waals surface area (Å²) in [6.07, 6.45) is -0.458. The molecule has 0 saturated carbocycles. The Balaban J connectivity index is 1.60. The predicted octanol–water partition coefficient (Wildman–Crippen LogP) is 4.94. The summed E-state index contributed by atoms with van der Waals surface area (Å²) in [7, 11) is 0. The van der Waals surface area contributed by atoms with Crippen molar-refractivity contribution in [1.29, 1.82) is 0 Å². The summed E-state index contributed by atoms with van der Waals surface area (Å²) in [6, 6.07) is 19.5. The number of furan rings is 1. The van der Waals surface area contributed by atoms with E-state index in [9.17, 15) is 5.11 Å². The molecular weight excluding hydrogens is 322 g/mol. The van der Waals surface area contributed by atoms with Crippen molar-refractivity contribution in [3.8, 4) is 11.3 Å². The molecule has 1 atom stereocenters. The Kier molecular flexibility index (Phi) is 5.36. The lowest BCUT2D eigenvalue weighted by Gasteiger charge is -2.06. The molecule has 0 saturated heterocycles. The largest absolute Gasteiger partial charge is 0.460 e. The molecule has 3 aromatic rings. The quantitative estimate of drug-likeness (QED) is 0.667. The Morgan fingerprint density at radius 1 is 1.00 bits per heavy atom. The highest BCUT2D eigenvalue weighted by molar-refractivity contribution is 6.31. The van der Waals surface area contributed by atoms with Crippen molar-refractivity contribution in [2.75, 3.05) is 0 Å². The van der Waals surface area contributed by atoms with Crippen LogP contribution in [0.2, 0.25) is 5.02 Å². The molecule has 0 bridgehead atoms. The Bertz CT molecular complexity index is 793. The maximum Gasteiger partial charge on any atom is 0.134 e. The van der Waals surface area contributed by atoms with Crippen LogP contribution < -0.4 is 5.32 Å². The number of halogens is 1. The normalized spacial score (nSPS) is 12.3. The summed E-state index contributed by atoms with van der Waals surface area (Å²) in [4.78, 5) is 0. The molecule has 0 fully saturated rings. The fourth-order valence-corrected chi connectivity index (χ4v) is 2.72. The van der Waals surface area contributed by atoms with E-state index >= 15 is 0 Å². The number of benzene rings is 2. The van der Waals surface area contributed by atoms with Crippen molar-refractivity contribution >= 4 is 11.6 Å². The average molecular weight is 342 g/mol. The summed E-state index contributed by atoms with van der Waals surface area (Å²) >= 11 is 6.14. The third-order valence-corrected chi connectivity index (χ3v) is 4.28. The molecule has 4 heteroatoms. The van der Waals surface area contributed by atoms with Crippen LogP contribution in [0.15, 0.2) is 65.1 Å². The number of nitrogens with one attached hydrogen (secondary N) is 1. The minimum absolute atomic E-state index is 0.458. The number of aliphatic hydroxyl groups is 1. The Morgan fingerprint density at radius 2 is 1.75 bits per heavy atom. The molecule has 1 aromatic heterocycles.